The number of carbonyl (C=O) groups excluding carboxylic acids is 2. The van der Waals surface area contributed by atoms with E-state index in [1.54, 1.807) is 23.1 Å². The lowest BCUT2D eigenvalue weighted by molar-refractivity contribution is -0.146. The highest BCUT2D eigenvalue weighted by molar-refractivity contribution is 9.10. The highest BCUT2D eigenvalue weighted by atomic mass is 79.9. The number of piperidine rings is 1. The summed E-state index contributed by atoms with van der Waals surface area (Å²) in [6.07, 6.45) is 1.27. The van der Waals surface area contributed by atoms with E-state index in [0.29, 0.717) is 41.7 Å². The molecule has 20 heavy (non-hydrogen) atoms. The van der Waals surface area contributed by atoms with E-state index in [9.17, 15) is 9.59 Å². The fraction of sp³-hybridized carbons (Fsp3) is 0.429. The number of esters is 1. The van der Waals surface area contributed by atoms with Crippen LogP contribution < -0.4 is 5.73 Å². The zero-order chi connectivity index (χ0) is 14.7. The Bertz CT molecular complexity index is 525. The second-order valence-electron chi connectivity index (χ2n) is 4.80. The Morgan fingerprint density at radius 1 is 1.35 bits per heavy atom. The van der Waals surface area contributed by atoms with Gasteiger partial charge in [0.2, 0.25) is 0 Å². The van der Waals surface area contributed by atoms with Crippen LogP contribution in [0.25, 0.3) is 0 Å². The average molecular weight is 341 g/mol. The maximum atomic E-state index is 12.4. The zero-order valence-corrected chi connectivity index (χ0v) is 12.9. The fourth-order valence-electron chi connectivity index (χ4n) is 2.37. The quantitative estimate of drug-likeness (QED) is 0.660. The van der Waals surface area contributed by atoms with E-state index in [1.807, 2.05) is 0 Å². The maximum Gasteiger partial charge on any atom is 0.308 e. The van der Waals surface area contributed by atoms with Gasteiger partial charge in [-0.1, -0.05) is 6.07 Å². The first-order chi connectivity index (χ1) is 9.54. The minimum Gasteiger partial charge on any atom is -0.469 e. The van der Waals surface area contributed by atoms with Gasteiger partial charge in [0, 0.05) is 18.8 Å². The molecule has 0 saturated carbocycles. The first kappa shape index (κ1) is 14.8. The summed E-state index contributed by atoms with van der Waals surface area (Å²) >= 11 is 3.35. The number of benzene rings is 1. The number of carbonyl (C=O) groups is 2. The van der Waals surface area contributed by atoms with Crippen molar-refractivity contribution in [1.29, 1.82) is 0 Å². The third-order valence-corrected chi connectivity index (χ3v) is 4.46. The Morgan fingerprint density at radius 3 is 2.60 bits per heavy atom. The first-order valence-electron chi connectivity index (χ1n) is 6.45. The number of anilines is 1. The molecule has 1 aliphatic rings. The Morgan fingerprint density at radius 2 is 2.00 bits per heavy atom. The predicted octanol–water partition coefficient (Wildman–Crippen LogP) is 2.06. The molecule has 1 aliphatic heterocycles. The number of hydrogen-bond donors (Lipinski definition) is 1. The van der Waals surface area contributed by atoms with Crippen molar-refractivity contribution < 1.29 is 14.3 Å². The number of nitrogens with two attached hydrogens (primary N) is 1. The molecule has 5 nitrogen and oxygen atoms in total. The van der Waals surface area contributed by atoms with Gasteiger partial charge in [-0.2, -0.15) is 0 Å². The van der Waals surface area contributed by atoms with E-state index >= 15 is 0 Å². The molecule has 0 radical (unpaired) electrons. The van der Waals surface area contributed by atoms with Gasteiger partial charge in [0.25, 0.3) is 5.91 Å². The fourth-order valence-corrected chi connectivity index (χ4v) is 2.80. The summed E-state index contributed by atoms with van der Waals surface area (Å²) in [6.45, 7) is 1.11. The zero-order valence-electron chi connectivity index (χ0n) is 11.3. The van der Waals surface area contributed by atoms with Gasteiger partial charge < -0.3 is 15.4 Å². The number of hydrogen-bond acceptors (Lipinski definition) is 4. The molecule has 1 aromatic rings. The van der Waals surface area contributed by atoms with Crippen molar-refractivity contribution in [2.24, 2.45) is 5.92 Å². The van der Waals surface area contributed by atoms with E-state index < -0.39 is 0 Å². The Kier molecular flexibility index (Phi) is 4.65. The highest BCUT2D eigenvalue weighted by Gasteiger charge is 2.29. The lowest BCUT2D eigenvalue weighted by Crippen LogP contribution is -2.40. The molecule has 0 aliphatic carbocycles. The molecule has 0 unspecified atom stereocenters. The number of ether oxygens (including phenoxy) is 1. The second kappa shape index (κ2) is 6.26. The van der Waals surface area contributed by atoms with Crippen molar-refractivity contribution in [3.8, 4) is 0 Å². The molecule has 6 heteroatoms. The Balaban J connectivity index is 2.05. The van der Waals surface area contributed by atoms with Crippen molar-refractivity contribution in [3.05, 3.63) is 28.2 Å². The summed E-state index contributed by atoms with van der Waals surface area (Å²) in [5, 5.41) is 0. The van der Waals surface area contributed by atoms with Gasteiger partial charge in [0.1, 0.15) is 0 Å². The molecule has 1 amide bonds. The topological polar surface area (TPSA) is 72.6 Å². The SMILES string of the molecule is COC(=O)C1CCN(C(=O)c2cccc(N)c2Br)CC1. The van der Waals surface area contributed by atoms with Crippen molar-refractivity contribution in [2.45, 2.75) is 12.8 Å². The van der Waals surface area contributed by atoms with Crippen LogP contribution >= 0.6 is 15.9 Å². The third kappa shape index (κ3) is 2.95. The smallest absolute Gasteiger partial charge is 0.308 e. The van der Waals surface area contributed by atoms with Gasteiger partial charge in [-0.25, -0.2) is 0 Å². The monoisotopic (exact) mass is 340 g/mol. The minimum absolute atomic E-state index is 0.0625. The molecule has 0 bridgehead atoms. The lowest BCUT2D eigenvalue weighted by Gasteiger charge is -2.31. The summed E-state index contributed by atoms with van der Waals surface area (Å²) in [5.41, 5.74) is 6.89. The number of halogens is 1. The van der Waals surface area contributed by atoms with Crippen molar-refractivity contribution >= 4 is 33.5 Å². The number of rotatable bonds is 2. The average Bonchev–Trinajstić information content (AvgIpc) is 2.48. The summed E-state index contributed by atoms with van der Waals surface area (Å²) in [7, 11) is 1.39. The van der Waals surface area contributed by atoms with Gasteiger partial charge in [-0.05, 0) is 40.9 Å². The lowest BCUT2D eigenvalue weighted by atomic mass is 9.96. The third-order valence-electron chi connectivity index (χ3n) is 3.58. The molecule has 0 aromatic heterocycles. The van der Waals surface area contributed by atoms with Crippen LogP contribution in [0, 0.1) is 5.92 Å². The summed E-state index contributed by atoms with van der Waals surface area (Å²) in [4.78, 5) is 25.7. The van der Waals surface area contributed by atoms with E-state index in [-0.39, 0.29) is 17.8 Å². The number of methoxy groups -OCH3 is 1. The summed E-state index contributed by atoms with van der Waals surface area (Å²) in [6, 6.07) is 5.24. The highest BCUT2D eigenvalue weighted by Crippen LogP contribution is 2.27. The molecule has 1 aromatic carbocycles. The molecular weight excluding hydrogens is 324 g/mol. The van der Waals surface area contributed by atoms with Crippen LogP contribution in [0.3, 0.4) is 0 Å². The molecule has 2 rings (SSSR count). The van der Waals surface area contributed by atoms with Gasteiger partial charge >= 0.3 is 5.97 Å². The van der Waals surface area contributed by atoms with Gasteiger partial charge in [-0.3, -0.25) is 9.59 Å². The summed E-state index contributed by atoms with van der Waals surface area (Å²) in [5.74, 6) is -0.358. The van der Waals surface area contributed by atoms with Crippen molar-refractivity contribution in [1.82, 2.24) is 4.90 Å². The summed E-state index contributed by atoms with van der Waals surface area (Å²) < 4.78 is 5.36. The van der Waals surface area contributed by atoms with Crippen LogP contribution in [-0.4, -0.2) is 37.0 Å². The van der Waals surface area contributed by atoms with Crippen LogP contribution in [0.15, 0.2) is 22.7 Å². The van der Waals surface area contributed by atoms with Crippen LogP contribution in [0.4, 0.5) is 5.69 Å². The Labute approximate surface area is 126 Å². The molecule has 1 saturated heterocycles. The number of amides is 1. The second-order valence-corrected chi connectivity index (χ2v) is 5.59. The van der Waals surface area contributed by atoms with Crippen LogP contribution in [-0.2, 0) is 9.53 Å². The van der Waals surface area contributed by atoms with Crippen molar-refractivity contribution in [3.63, 3.8) is 0 Å². The maximum absolute atomic E-state index is 12.4. The van der Waals surface area contributed by atoms with E-state index in [1.165, 1.54) is 7.11 Å². The molecule has 108 valence electrons. The normalized spacial score (nSPS) is 16.0. The molecule has 0 spiro atoms. The predicted molar refractivity (Wildman–Crippen MR) is 79.2 cm³/mol. The van der Waals surface area contributed by atoms with E-state index in [2.05, 4.69) is 15.9 Å². The minimum atomic E-state index is -0.192. The first-order valence-corrected chi connectivity index (χ1v) is 7.25. The Hall–Kier alpha value is -1.56. The van der Waals surface area contributed by atoms with E-state index in [0.717, 1.165) is 0 Å². The largest absolute Gasteiger partial charge is 0.469 e. The molecule has 1 fully saturated rings. The number of nitrogens with zero attached hydrogens (tertiary/aromatic N) is 1. The van der Waals surface area contributed by atoms with Crippen LogP contribution in [0.2, 0.25) is 0 Å². The van der Waals surface area contributed by atoms with Gasteiger partial charge in [-0.15, -0.1) is 0 Å². The molecule has 1 heterocycles. The molecule has 2 N–H and O–H groups in total. The van der Waals surface area contributed by atoms with Crippen LogP contribution in [0.5, 0.6) is 0 Å². The standard InChI is InChI=1S/C14H17BrN2O3/c1-20-14(19)9-5-7-17(8-6-9)13(18)10-3-2-4-11(16)12(10)15/h2-4,9H,5-8,16H2,1H3. The number of nitrogen functional groups attached to an aromatic ring is 1. The van der Waals surface area contributed by atoms with Crippen molar-refractivity contribution in [2.75, 3.05) is 25.9 Å². The van der Waals surface area contributed by atoms with E-state index in [4.69, 9.17) is 10.5 Å². The molecule has 0 atom stereocenters. The number of likely N-dealkylation sites (tertiary alicyclic amines) is 1. The van der Waals surface area contributed by atoms with Gasteiger partial charge in [0.15, 0.2) is 0 Å². The van der Waals surface area contributed by atoms with Gasteiger partial charge in [0.05, 0.1) is 23.1 Å². The van der Waals surface area contributed by atoms with Crippen LogP contribution in [0.1, 0.15) is 23.2 Å². The molecular formula is C14H17BrN2O3.